The van der Waals surface area contributed by atoms with Crippen molar-refractivity contribution in [3.63, 3.8) is 0 Å². The van der Waals surface area contributed by atoms with Crippen molar-refractivity contribution in [3.8, 4) is 0 Å². The Kier molecular flexibility index (Phi) is 3.81. The Morgan fingerprint density at radius 3 is 1.88 bits per heavy atom. The molecule has 1 aliphatic heterocycles. The van der Waals surface area contributed by atoms with Crippen LogP contribution < -0.4 is 0 Å². The van der Waals surface area contributed by atoms with E-state index in [0.717, 1.165) is 7.85 Å². The van der Waals surface area contributed by atoms with Crippen LogP contribution in [0, 0.1) is 0 Å². The summed E-state index contributed by atoms with van der Waals surface area (Å²) >= 11 is 7.19. The van der Waals surface area contributed by atoms with E-state index in [4.69, 9.17) is 0 Å². The Morgan fingerprint density at radius 2 is 1.62 bits per heavy atom. The van der Waals surface area contributed by atoms with E-state index in [9.17, 15) is 0 Å². The largest absolute Gasteiger partial charge is 0.160 e. The van der Waals surface area contributed by atoms with Crippen LogP contribution in [0.1, 0.15) is 6.42 Å². The van der Waals surface area contributed by atoms with Gasteiger partial charge in [-0.25, -0.2) is 0 Å². The molecule has 1 aliphatic rings. The van der Waals surface area contributed by atoms with Crippen LogP contribution in [0.3, 0.4) is 0 Å². The van der Waals surface area contributed by atoms with E-state index < -0.39 is 0 Å². The molecule has 2 unspecified atom stereocenters. The molecule has 0 radical (unpaired) electrons. The van der Waals surface area contributed by atoms with Crippen LogP contribution in [-0.2, 0) is 0 Å². The number of hydrogen-bond donors (Lipinski definition) is 0. The van der Waals surface area contributed by atoms with Gasteiger partial charge in [-0.1, -0.05) is 45.2 Å². The average molecular weight is 354 g/mol. The molecule has 2 atom stereocenters. The van der Waals surface area contributed by atoms with E-state index >= 15 is 0 Å². The molecule has 0 amide bonds. The number of alkyl halides is 2. The third kappa shape index (κ3) is 2.60. The Balaban J connectivity index is 2.23. The highest BCUT2D eigenvalue weighted by atomic mass is 127. The smallest absolute Gasteiger partial charge is 0.0210 e. The van der Waals surface area contributed by atoms with Gasteiger partial charge in [-0.3, -0.25) is 0 Å². The Morgan fingerprint density at radius 1 is 1.12 bits per heavy atom. The molecule has 1 saturated heterocycles. The molecule has 48 valence electrons. The average Bonchev–Trinajstić information content (AvgIpc) is 1.64. The van der Waals surface area contributed by atoms with Crippen molar-refractivity contribution in [2.75, 3.05) is 11.5 Å². The predicted molar refractivity (Wildman–Crippen MR) is 57.6 cm³/mol. The van der Waals surface area contributed by atoms with Crippen molar-refractivity contribution in [1.29, 1.82) is 0 Å². The van der Waals surface area contributed by atoms with E-state index in [2.05, 4.69) is 56.9 Å². The lowest BCUT2D eigenvalue weighted by atomic mass is 10.3. The molecule has 0 spiro atoms. The second-order valence-corrected chi connectivity index (χ2v) is 6.57. The number of hydrogen-bond acceptors (Lipinski definition) is 1. The highest BCUT2D eigenvalue weighted by molar-refractivity contribution is 14.1. The Labute approximate surface area is 81.8 Å². The molecule has 8 heavy (non-hydrogen) atoms. The summed E-state index contributed by atoms with van der Waals surface area (Å²) < 4.78 is 1.88. The Hall–Kier alpha value is 1.81. The standard InChI is InChI=1S/C5H8I2S/c6-4-1-5(7)3-8-2-4/h4-5H,1-3H2. The van der Waals surface area contributed by atoms with Gasteiger partial charge in [0.2, 0.25) is 0 Å². The summed E-state index contributed by atoms with van der Waals surface area (Å²) in [6.07, 6.45) is 1.42. The number of thioether (sulfide) groups is 1. The highest BCUT2D eigenvalue weighted by Crippen LogP contribution is 2.27. The Bertz CT molecular complexity index is 68.8. The normalized spacial score (nSPS) is 39.8. The van der Waals surface area contributed by atoms with Crippen molar-refractivity contribution in [1.82, 2.24) is 0 Å². The van der Waals surface area contributed by atoms with Gasteiger partial charge in [0.05, 0.1) is 0 Å². The van der Waals surface area contributed by atoms with Crippen LogP contribution in [0.2, 0.25) is 0 Å². The lowest BCUT2D eigenvalue weighted by Crippen LogP contribution is -2.18. The van der Waals surface area contributed by atoms with Gasteiger partial charge >= 0.3 is 0 Å². The first-order valence-corrected chi connectivity index (χ1v) is 6.29. The van der Waals surface area contributed by atoms with Crippen molar-refractivity contribution in [2.45, 2.75) is 14.3 Å². The van der Waals surface area contributed by atoms with Crippen molar-refractivity contribution in [2.24, 2.45) is 0 Å². The summed E-state index contributed by atoms with van der Waals surface area (Å²) in [5, 5.41) is 0. The lowest BCUT2D eigenvalue weighted by molar-refractivity contribution is 0.838. The summed E-state index contributed by atoms with van der Waals surface area (Å²) in [7, 11) is 0. The van der Waals surface area contributed by atoms with Gasteiger partial charge in [0.15, 0.2) is 0 Å². The summed E-state index contributed by atoms with van der Waals surface area (Å²) in [6.45, 7) is 0. The molecule has 0 N–H and O–H groups in total. The quantitative estimate of drug-likeness (QED) is 0.476. The topological polar surface area (TPSA) is 0 Å². The van der Waals surface area contributed by atoms with Crippen LogP contribution >= 0.6 is 56.9 Å². The van der Waals surface area contributed by atoms with Gasteiger partial charge in [-0.2, -0.15) is 11.8 Å². The van der Waals surface area contributed by atoms with Gasteiger partial charge in [0.25, 0.3) is 0 Å². The van der Waals surface area contributed by atoms with Crippen LogP contribution in [0.25, 0.3) is 0 Å². The first-order valence-electron chi connectivity index (χ1n) is 2.65. The molecule has 0 nitrogen and oxygen atoms in total. The van der Waals surface area contributed by atoms with E-state index in [-0.39, 0.29) is 0 Å². The van der Waals surface area contributed by atoms with Crippen molar-refractivity contribution >= 4 is 56.9 Å². The highest BCUT2D eigenvalue weighted by Gasteiger charge is 2.16. The molecule has 0 aromatic carbocycles. The minimum Gasteiger partial charge on any atom is -0.160 e. The van der Waals surface area contributed by atoms with Crippen molar-refractivity contribution in [3.05, 3.63) is 0 Å². The zero-order chi connectivity index (χ0) is 5.98. The minimum absolute atomic E-state index is 0.938. The molecule has 1 rings (SSSR count). The minimum atomic E-state index is 0.938. The van der Waals surface area contributed by atoms with E-state index in [0.29, 0.717) is 0 Å². The maximum Gasteiger partial charge on any atom is 0.0210 e. The third-order valence-corrected chi connectivity index (χ3v) is 5.48. The monoisotopic (exact) mass is 354 g/mol. The maximum absolute atomic E-state index is 2.55. The van der Waals surface area contributed by atoms with Gasteiger partial charge in [0.1, 0.15) is 0 Å². The van der Waals surface area contributed by atoms with Crippen molar-refractivity contribution < 1.29 is 0 Å². The van der Waals surface area contributed by atoms with Crippen LogP contribution in [0.5, 0.6) is 0 Å². The SMILES string of the molecule is IC1CSCC(I)C1. The lowest BCUT2D eigenvalue weighted by Gasteiger charge is -2.19. The van der Waals surface area contributed by atoms with Gasteiger partial charge in [-0.05, 0) is 6.42 Å². The fourth-order valence-electron chi connectivity index (χ4n) is 0.737. The van der Waals surface area contributed by atoms with Crippen LogP contribution in [0.4, 0.5) is 0 Å². The zero-order valence-corrected chi connectivity index (χ0v) is 9.57. The second kappa shape index (κ2) is 3.85. The molecule has 1 heterocycles. The summed E-state index contributed by atoms with van der Waals surface area (Å²) in [6, 6.07) is 0. The first kappa shape index (κ1) is 7.91. The fourth-order valence-corrected chi connectivity index (χ4v) is 5.38. The molecular formula is C5H8I2S. The second-order valence-electron chi connectivity index (χ2n) is 1.97. The molecule has 0 aromatic rings. The van der Waals surface area contributed by atoms with E-state index in [1.807, 2.05) is 0 Å². The molecule has 1 fully saturated rings. The number of rotatable bonds is 0. The molecule has 0 aromatic heterocycles. The van der Waals surface area contributed by atoms with Gasteiger partial charge in [0, 0.05) is 19.4 Å². The van der Waals surface area contributed by atoms with Gasteiger partial charge < -0.3 is 0 Å². The first-order chi connectivity index (χ1) is 3.79. The molecule has 0 bridgehead atoms. The third-order valence-electron chi connectivity index (χ3n) is 1.11. The summed E-state index contributed by atoms with van der Waals surface area (Å²) in [4.78, 5) is 0. The fraction of sp³-hybridized carbons (Fsp3) is 1.00. The maximum atomic E-state index is 2.55. The zero-order valence-electron chi connectivity index (χ0n) is 4.44. The van der Waals surface area contributed by atoms with E-state index in [1.54, 1.807) is 0 Å². The number of halogens is 2. The molecule has 3 heteroatoms. The summed E-state index contributed by atoms with van der Waals surface area (Å²) in [5.74, 6) is 2.75. The summed E-state index contributed by atoms with van der Waals surface area (Å²) in [5.41, 5.74) is 0. The van der Waals surface area contributed by atoms with Crippen LogP contribution in [-0.4, -0.2) is 19.4 Å². The van der Waals surface area contributed by atoms with E-state index in [1.165, 1.54) is 17.9 Å². The molecular weight excluding hydrogens is 346 g/mol. The molecule has 0 aliphatic carbocycles. The predicted octanol–water partition coefficient (Wildman–Crippen LogP) is 2.73. The van der Waals surface area contributed by atoms with Crippen LogP contribution in [0.15, 0.2) is 0 Å². The van der Waals surface area contributed by atoms with Gasteiger partial charge in [-0.15, -0.1) is 0 Å². The molecule has 0 saturated carbocycles.